The van der Waals surface area contributed by atoms with Crippen molar-refractivity contribution in [1.29, 1.82) is 0 Å². The number of benzene rings is 1. The second-order valence-corrected chi connectivity index (χ2v) is 3.38. The zero-order chi connectivity index (χ0) is 9.68. The number of ether oxygens (including phenoxy) is 2. The molecule has 0 amide bonds. The summed E-state index contributed by atoms with van der Waals surface area (Å²) in [6.07, 6.45) is 0. The molecule has 0 unspecified atom stereocenters. The van der Waals surface area contributed by atoms with Crippen LogP contribution in [0.2, 0.25) is 0 Å². The van der Waals surface area contributed by atoms with Gasteiger partial charge in [-0.25, -0.2) is 0 Å². The van der Waals surface area contributed by atoms with Gasteiger partial charge in [-0.3, -0.25) is 4.72 Å². The van der Waals surface area contributed by atoms with E-state index in [1.807, 2.05) is 25.2 Å². The maximum atomic E-state index is 5.20. The average Bonchev–Trinajstić information content (AvgIpc) is 2.19. The van der Waals surface area contributed by atoms with Crippen molar-refractivity contribution in [3.8, 4) is 11.5 Å². The summed E-state index contributed by atoms with van der Waals surface area (Å²) in [6, 6.07) is 5.72. The molecule has 72 valence electrons. The number of nitrogens with one attached hydrogen (secondary N) is 1. The highest BCUT2D eigenvalue weighted by atomic mass is 32.2. The van der Waals surface area contributed by atoms with Crippen molar-refractivity contribution >= 4 is 11.9 Å². The molecule has 0 aliphatic rings. The molecule has 0 spiro atoms. The third kappa shape index (κ3) is 2.54. The van der Waals surface area contributed by atoms with Gasteiger partial charge in [-0.1, -0.05) is 0 Å². The van der Waals surface area contributed by atoms with Gasteiger partial charge < -0.3 is 9.47 Å². The van der Waals surface area contributed by atoms with E-state index in [0.29, 0.717) is 0 Å². The van der Waals surface area contributed by atoms with Gasteiger partial charge in [0.1, 0.15) is 11.5 Å². The SMILES string of the molecule is CNSc1ccc(OC)cc1OC. The lowest BCUT2D eigenvalue weighted by molar-refractivity contribution is 0.387. The molecule has 0 aliphatic heterocycles. The Morgan fingerprint density at radius 3 is 2.54 bits per heavy atom. The van der Waals surface area contributed by atoms with Crippen LogP contribution in [-0.4, -0.2) is 21.3 Å². The molecular weight excluding hydrogens is 186 g/mol. The first-order valence-corrected chi connectivity index (χ1v) is 4.69. The Labute approximate surface area is 82.6 Å². The summed E-state index contributed by atoms with van der Waals surface area (Å²) in [5.74, 6) is 1.62. The standard InChI is InChI=1S/C9H13NO2S/c1-10-13-9-5-4-7(11-2)6-8(9)12-3/h4-6,10H,1-3H3. The van der Waals surface area contributed by atoms with Crippen LogP contribution in [0.3, 0.4) is 0 Å². The van der Waals surface area contributed by atoms with E-state index >= 15 is 0 Å². The highest BCUT2D eigenvalue weighted by Crippen LogP contribution is 2.30. The molecule has 1 aromatic rings. The van der Waals surface area contributed by atoms with Gasteiger partial charge in [-0.2, -0.15) is 0 Å². The molecule has 4 heteroatoms. The van der Waals surface area contributed by atoms with E-state index in [2.05, 4.69) is 4.72 Å². The van der Waals surface area contributed by atoms with Gasteiger partial charge >= 0.3 is 0 Å². The van der Waals surface area contributed by atoms with Gasteiger partial charge in [0.2, 0.25) is 0 Å². The minimum Gasteiger partial charge on any atom is -0.497 e. The van der Waals surface area contributed by atoms with Gasteiger partial charge in [0, 0.05) is 6.07 Å². The summed E-state index contributed by atoms with van der Waals surface area (Å²) in [5, 5.41) is 0. The quantitative estimate of drug-likeness (QED) is 0.751. The van der Waals surface area contributed by atoms with Gasteiger partial charge in [0.05, 0.1) is 19.1 Å². The van der Waals surface area contributed by atoms with Crippen molar-refractivity contribution in [3.63, 3.8) is 0 Å². The van der Waals surface area contributed by atoms with Crippen molar-refractivity contribution in [1.82, 2.24) is 4.72 Å². The molecule has 0 bridgehead atoms. The zero-order valence-electron chi connectivity index (χ0n) is 7.96. The summed E-state index contributed by atoms with van der Waals surface area (Å²) >= 11 is 1.52. The van der Waals surface area contributed by atoms with Crippen LogP contribution in [0.5, 0.6) is 11.5 Å². The van der Waals surface area contributed by atoms with Crippen LogP contribution >= 0.6 is 11.9 Å². The van der Waals surface area contributed by atoms with E-state index in [1.165, 1.54) is 11.9 Å². The fraction of sp³-hybridized carbons (Fsp3) is 0.333. The number of methoxy groups -OCH3 is 2. The first-order chi connectivity index (χ1) is 6.31. The van der Waals surface area contributed by atoms with Crippen molar-refractivity contribution in [2.45, 2.75) is 4.90 Å². The Bertz CT molecular complexity index is 278. The molecule has 0 aliphatic carbocycles. The highest BCUT2D eigenvalue weighted by Gasteiger charge is 2.03. The average molecular weight is 199 g/mol. The molecule has 0 saturated heterocycles. The van der Waals surface area contributed by atoms with Crippen molar-refractivity contribution in [3.05, 3.63) is 18.2 Å². The molecule has 0 heterocycles. The maximum Gasteiger partial charge on any atom is 0.137 e. The van der Waals surface area contributed by atoms with Crippen LogP contribution in [0.15, 0.2) is 23.1 Å². The molecular formula is C9H13NO2S. The second kappa shape index (κ2) is 4.99. The largest absolute Gasteiger partial charge is 0.497 e. The molecule has 1 rings (SSSR count). The molecule has 1 N–H and O–H groups in total. The van der Waals surface area contributed by atoms with Crippen LogP contribution in [-0.2, 0) is 0 Å². The number of hydrogen-bond donors (Lipinski definition) is 1. The van der Waals surface area contributed by atoms with Crippen molar-refractivity contribution in [2.75, 3.05) is 21.3 Å². The fourth-order valence-electron chi connectivity index (χ4n) is 0.969. The van der Waals surface area contributed by atoms with Crippen molar-refractivity contribution in [2.24, 2.45) is 0 Å². The van der Waals surface area contributed by atoms with Crippen LogP contribution in [0.25, 0.3) is 0 Å². The Morgan fingerprint density at radius 1 is 1.23 bits per heavy atom. The molecule has 0 fully saturated rings. The summed E-state index contributed by atoms with van der Waals surface area (Å²) in [4.78, 5) is 1.05. The molecule has 0 atom stereocenters. The van der Waals surface area contributed by atoms with E-state index in [4.69, 9.17) is 9.47 Å². The maximum absolute atomic E-state index is 5.20. The van der Waals surface area contributed by atoms with E-state index in [1.54, 1.807) is 14.2 Å². The molecule has 1 aromatic carbocycles. The van der Waals surface area contributed by atoms with Gasteiger partial charge in [0.25, 0.3) is 0 Å². The topological polar surface area (TPSA) is 30.5 Å². The third-order valence-electron chi connectivity index (χ3n) is 1.58. The highest BCUT2D eigenvalue weighted by molar-refractivity contribution is 7.97. The van der Waals surface area contributed by atoms with Crippen LogP contribution in [0.1, 0.15) is 0 Å². The normalized spacial score (nSPS) is 9.77. The van der Waals surface area contributed by atoms with Crippen LogP contribution < -0.4 is 14.2 Å². The Hall–Kier alpha value is -0.870. The lowest BCUT2D eigenvalue weighted by Gasteiger charge is -2.08. The minimum absolute atomic E-state index is 0.803. The summed E-state index contributed by atoms with van der Waals surface area (Å²) < 4.78 is 13.3. The molecule has 0 radical (unpaired) electrons. The molecule has 0 aromatic heterocycles. The van der Waals surface area contributed by atoms with Gasteiger partial charge in [-0.15, -0.1) is 0 Å². The van der Waals surface area contributed by atoms with E-state index in [9.17, 15) is 0 Å². The predicted molar refractivity (Wildman–Crippen MR) is 54.5 cm³/mol. The van der Waals surface area contributed by atoms with Crippen LogP contribution in [0.4, 0.5) is 0 Å². The molecule has 0 saturated carbocycles. The number of hydrogen-bond acceptors (Lipinski definition) is 4. The zero-order valence-corrected chi connectivity index (χ0v) is 8.77. The summed E-state index contributed by atoms with van der Waals surface area (Å²) in [5.41, 5.74) is 0. The van der Waals surface area contributed by atoms with Crippen LogP contribution in [0, 0.1) is 0 Å². The molecule has 3 nitrogen and oxygen atoms in total. The Balaban J connectivity index is 2.93. The number of rotatable bonds is 4. The first-order valence-electron chi connectivity index (χ1n) is 3.87. The first kappa shape index (κ1) is 10.2. The summed E-state index contributed by atoms with van der Waals surface area (Å²) in [7, 11) is 5.16. The van der Waals surface area contributed by atoms with E-state index in [-0.39, 0.29) is 0 Å². The Kier molecular flexibility index (Phi) is 3.92. The minimum atomic E-state index is 0.803. The predicted octanol–water partition coefficient (Wildman–Crippen LogP) is 1.93. The smallest absolute Gasteiger partial charge is 0.137 e. The van der Waals surface area contributed by atoms with Crippen molar-refractivity contribution < 1.29 is 9.47 Å². The monoisotopic (exact) mass is 199 g/mol. The lowest BCUT2D eigenvalue weighted by atomic mass is 10.3. The molecule has 13 heavy (non-hydrogen) atoms. The summed E-state index contributed by atoms with van der Waals surface area (Å²) in [6.45, 7) is 0. The van der Waals surface area contributed by atoms with E-state index < -0.39 is 0 Å². The fourth-order valence-corrected chi connectivity index (χ4v) is 1.57. The van der Waals surface area contributed by atoms with Gasteiger partial charge in [0.15, 0.2) is 0 Å². The second-order valence-electron chi connectivity index (χ2n) is 2.32. The van der Waals surface area contributed by atoms with E-state index in [0.717, 1.165) is 16.4 Å². The van der Waals surface area contributed by atoms with Gasteiger partial charge in [-0.05, 0) is 31.1 Å². The lowest BCUT2D eigenvalue weighted by Crippen LogP contribution is -1.94. The third-order valence-corrected chi connectivity index (χ3v) is 2.34. The Morgan fingerprint density at radius 2 is 2.00 bits per heavy atom.